The number of furan rings is 1. The SMILES string of the molecule is CN=C(NCc1ccc(Br)s1)NCC(c1ccco1)N1CCCC1. The monoisotopic (exact) mass is 410 g/mol. The molecule has 1 aliphatic rings. The molecule has 0 saturated carbocycles. The highest BCUT2D eigenvalue weighted by Gasteiger charge is 2.25. The second-order valence-corrected chi connectivity index (χ2v) is 8.33. The van der Waals surface area contributed by atoms with E-state index in [0.29, 0.717) is 0 Å². The van der Waals surface area contributed by atoms with E-state index >= 15 is 0 Å². The second-order valence-electron chi connectivity index (χ2n) is 5.79. The molecule has 1 fully saturated rings. The normalized spacial score (nSPS) is 17.2. The zero-order valence-corrected chi connectivity index (χ0v) is 16.2. The lowest BCUT2D eigenvalue weighted by Gasteiger charge is -2.26. The Bertz CT molecular complexity index is 649. The highest BCUT2D eigenvalue weighted by molar-refractivity contribution is 9.11. The molecule has 0 aromatic carbocycles. The third-order valence-corrected chi connectivity index (χ3v) is 5.82. The van der Waals surface area contributed by atoms with Crippen molar-refractivity contribution in [3.05, 3.63) is 45.0 Å². The standard InChI is InChI=1S/C17H23BrN4OS/c1-19-17(20-11-13-6-7-16(18)24-13)21-12-14(15-5-4-10-23-15)22-8-2-3-9-22/h4-7,10,14H,2-3,8-9,11-12H2,1H3,(H2,19,20,21). The Kier molecular flexibility index (Phi) is 6.34. The fourth-order valence-electron chi connectivity index (χ4n) is 2.98. The molecule has 2 N–H and O–H groups in total. The average molecular weight is 411 g/mol. The number of halogens is 1. The molecule has 1 atom stereocenters. The zero-order chi connectivity index (χ0) is 16.8. The fourth-order valence-corrected chi connectivity index (χ4v) is 4.40. The molecule has 1 saturated heterocycles. The maximum absolute atomic E-state index is 5.66. The van der Waals surface area contributed by atoms with E-state index in [4.69, 9.17) is 4.42 Å². The van der Waals surface area contributed by atoms with Crippen LogP contribution in [0.2, 0.25) is 0 Å². The van der Waals surface area contributed by atoms with E-state index in [1.165, 1.54) is 17.7 Å². The van der Waals surface area contributed by atoms with Crippen LogP contribution in [0.25, 0.3) is 0 Å². The van der Waals surface area contributed by atoms with Crippen molar-refractivity contribution >= 4 is 33.2 Å². The van der Waals surface area contributed by atoms with Crippen LogP contribution in [0.15, 0.2) is 43.7 Å². The molecule has 2 aromatic rings. The number of thiophene rings is 1. The molecule has 3 heterocycles. The third kappa shape index (κ3) is 4.62. The van der Waals surface area contributed by atoms with E-state index in [0.717, 1.165) is 41.7 Å². The first kappa shape index (κ1) is 17.5. The van der Waals surface area contributed by atoms with E-state index in [9.17, 15) is 0 Å². The van der Waals surface area contributed by atoms with Crippen LogP contribution in [0.3, 0.4) is 0 Å². The molecular formula is C17H23BrN4OS. The number of likely N-dealkylation sites (tertiary alicyclic amines) is 1. The molecule has 5 nitrogen and oxygen atoms in total. The van der Waals surface area contributed by atoms with Crippen molar-refractivity contribution in [1.29, 1.82) is 0 Å². The van der Waals surface area contributed by atoms with Crippen molar-refractivity contribution in [3.8, 4) is 0 Å². The minimum absolute atomic E-state index is 0.247. The quantitative estimate of drug-likeness (QED) is 0.564. The van der Waals surface area contributed by atoms with Gasteiger partial charge in [-0.25, -0.2) is 0 Å². The summed E-state index contributed by atoms with van der Waals surface area (Å²) in [5.74, 6) is 1.83. The molecule has 0 bridgehead atoms. The third-order valence-electron chi connectivity index (χ3n) is 4.20. The molecule has 0 amide bonds. The molecule has 3 rings (SSSR count). The molecule has 7 heteroatoms. The zero-order valence-electron chi connectivity index (χ0n) is 13.8. The molecule has 130 valence electrons. The highest BCUT2D eigenvalue weighted by Crippen LogP contribution is 2.25. The molecule has 2 aromatic heterocycles. The summed E-state index contributed by atoms with van der Waals surface area (Å²) in [5, 5.41) is 6.81. The van der Waals surface area contributed by atoms with Gasteiger partial charge in [-0.1, -0.05) is 0 Å². The van der Waals surface area contributed by atoms with E-state index in [1.807, 2.05) is 6.07 Å². The number of nitrogens with one attached hydrogen (secondary N) is 2. The predicted molar refractivity (Wildman–Crippen MR) is 102 cm³/mol. The summed E-state index contributed by atoms with van der Waals surface area (Å²) in [5.41, 5.74) is 0. The Hall–Kier alpha value is -1.31. The number of nitrogens with zero attached hydrogens (tertiary/aromatic N) is 2. The number of rotatable bonds is 6. The summed E-state index contributed by atoms with van der Waals surface area (Å²) in [6.07, 6.45) is 4.27. The predicted octanol–water partition coefficient (Wildman–Crippen LogP) is 3.61. The van der Waals surface area contributed by atoms with Gasteiger partial charge in [0.25, 0.3) is 0 Å². The summed E-state index contributed by atoms with van der Waals surface area (Å²) in [7, 11) is 1.80. The van der Waals surface area contributed by atoms with Crippen molar-refractivity contribution in [2.45, 2.75) is 25.4 Å². The van der Waals surface area contributed by atoms with Gasteiger partial charge in [0.1, 0.15) is 5.76 Å². The van der Waals surface area contributed by atoms with Crippen LogP contribution >= 0.6 is 27.3 Å². The van der Waals surface area contributed by atoms with Gasteiger partial charge in [-0.15, -0.1) is 11.3 Å². The molecule has 0 aliphatic carbocycles. The van der Waals surface area contributed by atoms with Crippen LogP contribution in [0.1, 0.15) is 29.5 Å². The minimum Gasteiger partial charge on any atom is -0.468 e. The average Bonchev–Trinajstić information content (AvgIpc) is 3.33. The van der Waals surface area contributed by atoms with Gasteiger partial charge in [-0.3, -0.25) is 9.89 Å². The Morgan fingerprint density at radius 1 is 1.33 bits per heavy atom. The summed E-state index contributed by atoms with van der Waals surface area (Å²) >= 11 is 5.23. The Morgan fingerprint density at radius 2 is 2.17 bits per heavy atom. The molecule has 0 spiro atoms. The van der Waals surface area contributed by atoms with Gasteiger partial charge in [0, 0.05) is 18.5 Å². The Labute approximate surface area is 155 Å². The maximum atomic E-state index is 5.66. The number of aliphatic imine (C=N–C) groups is 1. The molecule has 0 radical (unpaired) electrons. The fraction of sp³-hybridized carbons (Fsp3) is 0.471. The van der Waals surface area contributed by atoms with Gasteiger partial charge in [0.2, 0.25) is 0 Å². The molecule has 1 unspecified atom stereocenters. The maximum Gasteiger partial charge on any atom is 0.191 e. The van der Waals surface area contributed by atoms with Crippen LogP contribution in [0, 0.1) is 0 Å². The van der Waals surface area contributed by atoms with E-state index in [1.54, 1.807) is 24.6 Å². The second kappa shape index (κ2) is 8.69. The van der Waals surface area contributed by atoms with E-state index in [2.05, 4.69) is 54.7 Å². The first-order valence-electron chi connectivity index (χ1n) is 8.22. The summed E-state index contributed by atoms with van der Waals surface area (Å²) < 4.78 is 6.81. The van der Waals surface area contributed by atoms with Crippen molar-refractivity contribution < 1.29 is 4.42 Å². The Balaban J connectivity index is 1.56. The molecule has 24 heavy (non-hydrogen) atoms. The lowest BCUT2D eigenvalue weighted by atomic mass is 10.2. The minimum atomic E-state index is 0.247. The largest absolute Gasteiger partial charge is 0.468 e. The van der Waals surface area contributed by atoms with Crippen LogP contribution in [0.5, 0.6) is 0 Å². The van der Waals surface area contributed by atoms with Crippen LogP contribution in [0.4, 0.5) is 0 Å². The van der Waals surface area contributed by atoms with Crippen LogP contribution in [-0.4, -0.2) is 37.5 Å². The van der Waals surface area contributed by atoms with Crippen molar-refractivity contribution in [2.75, 3.05) is 26.7 Å². The Morgan fingerprint density at radius 3 is 2.79 bits per heavy atom. The smallest absolute Gasteiger partial charge is 0.191 e. The first-order chi connectivity index (χ1) is 11.8. The summed E-state index contributed by atoms with van der Waals surface area (Å²) in [6.45, 7) is 3.80. The number of guanidine groups is 1. The van der Waals surface area contributed by atoms with E-state index in [-0.39, 0.29) is 6.04 Å². The van der Waals surface area contributed by atoms with Gasteiger partial charge < -0.3 is 15.1 Å². The number of hydrogen-bond acceptors (Lipinski definition) is 4. The first-order valence-corrected chi connectivity index (χ1v) is 9.83. The van der Waals surface area contributed by atoms with Gasteiger partial charge in [0.05, 0.1) is 22.6 Å². The van der Waals surface area contributed by atoms with E-state index < -0.39 is 0 Å². The van der Waals surface area contributed by atoms with Crippen molar-refractivity contribution in [1.82, 2.24) is 15.5 Å². The lowest BCUT2D eigenvalue weighted by Crippen LogP contribution is -2.42. The van der Waals surface area contributed by atoms with Gasteiger partial charge >= 0.3 is 0 Å². The summed E-state index contributed by atoms with van der Waals surface area (Å²) in [6, 6.07) is 8.45. The molecule has 1 aliphatic heterocycles. The highest BCUT2D eigenvalue weighted by atomic mass is 79.9. The van der Waals surface area contributed by atoms with Gasteiger partial charge in [-0.2, -0.15) is 0 Å². The molecular weight excluding hydrogens is 388 g/mol. The van der Waals surface area contributed by atoms with Crippen molar-refractivity contribution in [2.24, 2.45) is 4.99 Å². The van der Waals surface area contributed by atoms with Crippen LogP contribution < -0.4 is 10.6 Å². The van der Waals surface area contributed by atoms with Crippen LogP contribution in [-0.2, 0) is 6.54 Å². The van der Waals surface area contributed by atoms with Gasteiger partial charge in [-0.05, 0) is 66.1 Å². The lowest BCUT2D eigenvalue weighted by molar-refractivity contribution is 0.215. The summed E-state index contributed by atoms with van der Waals surface area (Å²) in [4.78, 5) is 8.08. The number of hydrogen-bond donors (Lipinski definition) is 2. The van der Waals surface area contributed by atoms with Gasteiger partial charge in [0.15, 0.2) is 5.96 Å². The van der Waals surface area contributed by atoms with Crippen molar-refractivity contribution in [3.63, 3.8) is 0 Å². The topological polar surface area (TPSA) is 52.8 Å².